The fourth-order valence-electron chi connectivity index (χ4n) is 1.87. The van der Waals surface area contributed by atoms with Gasteiger partial charge in [-0.1, -0.05) is 0 Å². The lowest BCUT2D eigenvalue weighted by atomic mass is 10.1. The third-order valence-corrected chi connectivity index (χ3v) is 2.88. The van der Waals surface area contributed by atoms with E-state index in [-0.39, 0.29) is 12.5 Å². The molecular formula is C12H16N2O3. The Kier molecular flexibility index (Phi) is 3.19. The van der Waals surface area contributed by atoms with E-state index in [9.17, 15) is 4.79 Å². The van der Waals surface area contributed by atoms with Gasteiger partial charge in [-0.25, -0.2) is 0 Å². The number of aliphatic hydroxyl groups is 1. The molecule has 0 saturated heterocycles. The maximum absolute atomic E-state index is 11.9. The van der Waals surface area contributed by atoms with E-state index < -0.39 is 6.10 Å². The summed E-state index contributed by atoms with van der Waals surface area (Å²) < 4.78 is 5.58. The number of carbonyl (C=O) groups excluding carboxylic acids is 1. The van der Waals surface area contributed by atoms with Gasteiger partial charge in [0.05, 0.1) is 5.69 Å². The molecule has 1 unspecified atom stereocenters. The molecule has 2 rings (SSSR count). The van der Waals surface area contributed by atoms with E-state index in [4.69, 9.17) is 9.84 Å². The number of amides is 1. The van der Waals surface area contributed by atoms with Gasteiger partial charge in [0.2, 0.25) is 0 Å². The highest BCUT2D eigenvalue weighted by Gasteiger charge is 2.31. The van der Waals surface area contributed by atoms with E-state index in [0.29, 0.717) is 12.2 Å². The number of nitrogens with one attached hydrogen (secondary N) is 1. The minimum absolute atomic E-state index is 0.0613. The topological polar surface area (TPSA) is 61.8 Å². The molecule has 1 amide bonds. The van der Waals surface area contributed by atoms with E-state index in [0.717, 1.165) is 11.4 Å². The largest absolute Gasteiger partial charge is 0.478 e. The van der Waals surface area contributed by atoms with E-state index in [1.165, 1.54) is 0 Å². The van der Waals surface area contributed by atoms with Crippen molar-refractivity contribution < 1.29 is 14.6 Å². The number of fused-ring (bicyclic) bond motifs is 1. The van der Waals surface area contributed by atoms with Crippen molar-refractivity contribution in [1.82, 2.24) is 0 Å². The molecule has 2 N–H and O–H groups in total. The average Bonchev–Trinajstić information content (AvgIpc) is 2.35. The molecule has 0 aromatic heterocycles. The van der Waals surface area contributed by atoms with Gasteiger partial charge in [0.25, 0.3) is 5.91 Å². The standard InChI is InChI=1S/C12H16N2O3/c1-13-8-3-4-10-9(7-8)14(2)12(16)11(17-10)5-6-15/h3-4,7,11,13,15H,5-6H2,1-2H3. The average molecular weight is 236 g/mol. The van der Waals surface area contributed by atoms with Crippen molar-refractivity contribution in [1.29, 1.82) is 0 Å². The Balaban J connectivity index is 2.34. The zero-order valence-corrected chi connectivity index (χ0v) is 9.93. The second-order valence-corrected chi connectivity index (χ2v) is 3.95. The lowest BCUT2D eigenvalue weighted by Gasteiger charge is -2.32. The summed E-state index contributed by atoms with van der Waals surface area (Å²) >= 11 is 0. The number of nitrogens with zero attached hydrogens (tertiary/aromatic N) is 1. The SMILES string of the molecule is CNc1ccc2c(c1)N(C)C(=O)C(CCO)O2. The van der Waals surface area contributed by atoms with Crippen molar-refractivity contribution in [3.05, 3.63) is 18.2 Å². The molecule has 1 aromatic rings. The van der Waals surface area contributed by atoms with Crippen LogP contribution in [0.4, 0.5) is 11.4 Å². The number of aliphatic hydroxyl groups excluding tert-OH is 1. The molecule has 0 bridgehead atoms. The Morgan fingerprint density at radius 2 is 2.29 bits per heavy atom. The molecule has 17 heavy (non-hydrogen) atoms. The summed E-state index contributed by atoms with van der Waals surface area (Å²) in [6.45, 7) is -0.0613. The second kappa shape index (κ2) is 4.63. The summed E-state index contributed by atoms with van der Waals surface area (Å²) in [5.74, 6) is 0.546. The molecule has 1 aromatic carbocycles. The predicted octanol–water partition coefficient (Wildman–Crippen LogP) is 0.834. The third-order valence-electron chi connectivity index (χ3n) is 2.88. The summed E-state index contributed by atoms with van der Waals surface area (Å²) in [4.78, 5) is 13.5. The smallest absolute Gasteiger partial charge is 0.267 e. The zero-order chi connectivity index (χ0) is 12.4. The molecule has 1 atom stereocenters. The van der Waals surface area contributed by atoms with Crippen LogP contribution >= 0.6 is 0 Å². The van der Waals surface area contributed by atoms with Gasteiger partial charge in [-0.15, -0.1) is 0 Å². The molecule has 5 nitrogen and oxygen atoms in total. The normalized spacial score (nSPS) is 18.6. The number of hydrogen-bond donors (Lipinski definition) is 2. The molecule has 1 aliphatic heterocycles. The van der Waals surface area contributed by atoms with E-state index in [1.54, 1.807) is 11.9 Å². The first-order valence-electron chi connectivity index (χ1n) is 5.54. The Bertz CT molecular complexity index is 434. The van der Waals surface area contributed by atoms with Crippen molar-refractivity contribution in [2.45, 2.75) is 12.5 Å². The minimum atomic E-state index is -0.585. The molecule has 5 heteroatoms. The highest BCUT2D eigenvalue weighted by molar-refractivity contribution is 6.00. The molecule has 0 radical (unpaired) electrons. The summed E-state index contributed by atoms with van der Waals surface area (Å²) in [5.41, 5.74) is 1.67. The van der Waals surface area contributed by atoms with Gasteiger partial charge in [-0.05, 0) is 18.2 Å². The highest BCUT2D eigenvalue weighted by Crippen LogP contribution is 2.35. The lowest BCUT2D eigenvalue weighted by molar-refractivity contribution is -0.126. The number of likely N-dealkylation sites (N-methyl/N-ethyl adjacent to an activating group) is 1. The highest BCUT2D eigenvalue weighted by atomic mass is 16.5. The van der Waals surface area contributed by atoms with Gasteiger partial charge in [0.1, 0.15) is 5.75 Å². The molecule has 0 spiro atoms. The van der Waals surface area contributed by atoms with Crippen LogP contribution in [0.5, 0.6) is 5.75 Å². The van der Waals surface area contributed by atoms with E-state index in [2.05, 4.69) is 5.32 Å². The summed E-state index contributed by atoms with van der Waals surface area (Å²) in [5, 5.41) is 11.9. The van der Waals surface area contributed by atoms with Crippen LogP contribution in [0.15, 0.2) is 18.2 Å². The number of carbonyl (C=O) groups is 1. The van der Waals surface area contributed by atoms with Crippen molar-refractivity contribution in [3.63, 3.8) is 0 Å². The maximum atomic E-state index is 11.9. The number of hydrogen-bond acceptors (Lipinski definition) is 4. The molecule has 0 saturated carbocycles. The van der Waals surface area contributed by atoms with Crippen LogP contribution in [0, 0.1) is 0 Å². The molecule has 1 aliphatic rings. The van der Waals surface area contributed by atoms with Crippen LogP contribution in [-0.2, 0) is 4.79 Å². The van der Waals surface area contributed by atoms with Crippen LogP contribution in [-0.4, -0.2) is 37.8 Å². The monoisotopic (exact) mass is 236 g/mol. The molecule has 1 heterocycles. The first-order chi connectivity index (χ1) is 8.17. The third kappa shape index (κ3) is 2.06. The molecule has 0 aliphatic carbocycles. The van der Waals surface area contributed by atoms with Gasteiger partial charge >= 0.3 is 0 Å². The zero-order valence-electron chi connectivity index (χ0n) is 9.93. The van der Waals surface area contributed by atoms with Gasteiger partial charge in [-0.3, -0.25) is 4.79 Å². The lowest BCUT2D eigenvalue weighted by Crippen LogP contribution is -2.44. The number of rotatable bonds is 3. The predicted molar refractivity (Wildman–Crippen MR) is 65.5 cm³/mol. The first-order valence-corrected chi connectivity index (χ1v) is 5.54. The van der Waals surface area contributed by atoms with Crippen molar-refractivity contribution in [3.8, 4) is 5.75 Å². The van der Waals surface area contributed by atoms with Crippen LogP contribution in [0.2, 0.25) is 0 Å². The van der Waals surface area contributed by atoms with Gasteiger partial charge in [0, 0.05) is 32.8 Å². The maximum Gasteiger partial charge on any atom is 0.267 e. The quantitative estimate of drug-likeness (QED) is 0.816. The van der Waals surface area contributed by atoms with Crippen LogP contribution in [0.1, 0.15) is 6.42 Å². The Labute approximate surface area is 100.0 Å². The number of anilines is 2. The van der Waals surface area contributed by atoms with Crippen LogP contribution in [0.25, 0.3) is 0 Å². The Hall–Kier alpha value is -1.75. The van der Waals surface area contributed by atoms with E-state index >= 15 is 0 Å². The van der Waals surface area contributed by atoms with Crippen molar-refractivity contribution >= 4 is 17.3 Å². The van der Waals surface area contributed by atoms with E-state index in [1.807, 2.05) is 25.2 Å². The second-order valence-electron chi connectivity index (χ2n) is 3.95. The minimum Gasteiger partial charge on any atom is -0.478 e. The fraction of sp³-hybridized carbons (Fsp3) is 0.417. The Morgan fingerprint density at radius 1 is 1.53 bits per heavy atom. The van der Waals surface area contributed by atoms with Gasteiger partial charge in [0.15, 0.2) is 6.10 Å². The molecule has 0 fully saturated rings. The molecule has 92 valence electrons. The summed E-state index contributed by atoms with van der Waals surface area (Å²) in [7, 11) is 3.54. The number of benzene rings is 1. The first kappa shape index (κ1) is 11.7. The van der Waals surface area contributed by atoms with Gasteiger partial charge < -0.3 is 20.1 Å². The molecular weight excluding hydrogens is 220 g/mol. The van der Waals surface area contributed by atoms with Gasteiger partial charge in [-0.2, -0.15) is 0 Å². The number of ether oxygens (including phenoxy) is 1. The Morgan fingerprint density at radius 3 is 2.94 bits per heavy atom. The summed E-state index contributed by atoms with van der Waals surface area (Å²) in [6, 6.07) is 5.58. The fourth-order valence-corrected chi connectivity index (χ4v) is 1.87. The van der Waals surface area contributed by atoms with Crippen LogP contribution < -0.4 is 15.0 Å². The van der Waals surface area contributed by atoms with Crippen molar-refractivity contribution in [2.75, 3.05) is 30.9 Å². The summed E-state index contributed by atoms with van der Waals surface area (Å²) in [6.07, 6.45) is -0.269. The van der Waals surface area contributed by atoms with Crippen molar-refractivity contribution in [2.24, 2.45) is 0 Å². The van der Waals surface area contributed by atoms with Crippen LogP contribution in [0.3, 0.4) is 0 Å².